The Balaban J connectivity index is 2.09. The number of benzene rings is 1. The van der Waals surface area contributed by atoms with Crippen LogP contribution in [0.15, 0.2) is 18.2 Å². The quantitative estimate of drug-likeness (QED) is 0.842. The summed E-state index contributed by atoms with van der Waals surface area (Å²) in [4.78, 5) is 2.03. The maximum atomic E-state index is 14.2. The van der Waals surface area contributed by atoms with E-state index in [4.69, 9.17) is 0 Å². The summed E-state index contributed by atoms with van der Waals surface area (Å²) in [5.74, 6) is -0.126. The molecule has 19 heavy (non-hydrogen) atoms. The lowest BCUT2D eigenvalue weighted by molar-refractivity contribution is 0.462. The second kappa shape index (κ2) is 5.49. The van der Waals surface area contributed by atoms with Gasteiger partial charge in [0.05, 0.1) is 5.69 Å². The van der Waals surface area contributed by atoms with Gasteiger partial charge in [-0.1, -0.05) is 13.0 Å². The molecule has 1 fully saturated rings. The topological polar surface area (TPSA) is 15.3 Å². The third kappa shape index (κ3) is 3.47. The van der Waals surface area contributed by atoms with Crippen molar-refractivity contribution < 1.29 is 4.39 Å². The minimum absolute atomic E-state index is 0.0331. The zero-order valence-electron chi connectivity index (χ0n) is 12.5. The number of anilines is 1. The largest absolute Gasteiger partial charge is 0.367 e. The van der Waals surface area contributed by atoms with Crippen molar-refractivity contribution in [1.82, 2.24) is 5.32 Å². The van der Waals surface area contributed by atoms with Crippen molar-refractivity contribution in [2.75, 3.05) is 11.9 Å². The Morgan fingerprint density at radius 1 is 1.37 bits per heavy atom. The zero-order chi connectivity index (χ0) is 14.0. The molecule has 0 unspecified atom stereocenters. The minimum Gasteiger partial charge on any atom is -0.367 e. The van der Waals surface area contributed by atoms with E-state index in [1.54, 1.807) is 6.07 Å². The van der Waals surface area contributed by atoms with Crippen LogP contribution < -0.4 is 10.2 Å². The first-order valence-electron chi connectivity index (χ1n) is 7.19. The van der Waals surface area contributed by atoms with Gasteiger partial charge in [0.15, 0.2) is 0 Å². The van der Waals surface area contributed by atoms with E-state index < -0.39 is 0 Å². The van der Waals surface area contributed by atoms with Crippen molar-refractivity contribution >= 4 is 5.69 Å². The van der Waals surface area contributed by atoms with Crippen molar-refractivity contribution in [3.8, 4) is 0 Å². The highest BCUT2D eigenvalue weighted by molar-refractivity contribution is 5.50. The lowest BCUT2D eigenvalue weighted by Crippen LogP contribution is -2.41. The van der Waals surface area contributed by atoms with Crippen LogP contribution in [0, 0.1) is 5.82 Å². The van der Waals surface area contributed by atoms with Gasteiger partial charge in [-0.2, -0.15) is 0 Å². The zero-order valence-corrected chi connectivity index (χ0v) is 12.5. The number of halogens is 1. The number of nitrogens with zero attached hydrogens (tertiary/aromatic N) is 1. The van der Waals surface area contributed by atoms with Gasteiger partial charge < -0.3 is 10.2 Å². The van der Waals surface area contributed by atoms with Gasteiger partial charge in [-0.05, 0) is 50.8 Å². The van der Waals surface area contributed by atoms with Gasteiger partial charge in [0.1, 0.15) is 5.82 Å². The Bertz CT molecular complexity index is 438. The highest BCUT2D eigenvalue weighted by Gasteiger charge is 2.24. The van der Waals surface area contributed by atoms with E-state index >= 15 is 0 Å². The summed E-state index contributed by atoms with van der Waals surface area (Å²) in [5, 5.41) is 3.41. The molecule has 0 atom stereocenters. The standard InChI is InChI=1S/C16H25FN2/c1-5-16(2,3)19(4)15-9-6-12(10-14(15)17)11-18-13-7-8-13/h6,9-10,13,18H,5,7-8,11H2,1-4H3. The van der Waals surface area contributed by atoms with Crippen LogP contribution in [-0.4, -0.2) is 18.6 Å². The SMILES string of the molecule is CCC(C)(C)N(C)c1ccc(CNC2CC2)cc1F. The third-order valence-electron chi connectivity index (χ3n) is 4.32. The summed E-state index contributed by atoms with van der Waals surface area (Å²) in [5.41, 5.74) is 1.67. The van der Waals surface area contributed by atoms with Crippen LogP contribution in [0.1, 0.15) is 45.6 Å². The first-order chi connectivity index (χ1) is 8.94. The molecule has 0 saturated heterocycles. The van der Waals surface area contributed by atoms with E-state index in [2.05, 4.69) is 26.1 Å². The van der Waals surface area contributed by atoms with Crippen LogP contribution in [0.3, 0.4) is 0 Å². The fourth-order valence-corrected chi connectivity index (χ4v) is 2.05. The summed E-state index contributed by atoms with van der Waals surface area (Å²) in [7, 11) is 1.96. The molecule has 1 saturated carbocycles. The molecule has 0 bridgehead atoms. The van der Waals surface area contributed by atoms with Gasteiger partial charge in [-0.25, -0.2) is 4.39 Å². The molecule has 1 aromatic carbocycles. The van der Waals surface area contributed by atoms with Crippen molar-refractivity contribution in [3.63, 3.8) is 0 Å². The van der Waals surface area contributed by atoms with E-state index in [-0.39, 0.29) is 11.4 Å². The Hall–Kier alpha value is -1.09. The first-order valence-corrected chi connectivity index (χ1v) is 7.19. The van der Waals surface area contributed by atoms with Crippen LogP contribution in [0.5, 0.6) is 0 Å². The third-order valence-corrected chi connectivity index (χ3v) is 4.32. The van der Waals surface area contributed by atoms with E-state index in [1.807, 2.05) is 24.1 Å². The minimum atomic E-state index is -0.126. The van der Waals surface area contributed by atoms with Crippen molar-refractivity contribution in [3.05, 3.63) is 29.6 Å². The second-order valence-corrected chi connectivity index (χ2v) is 6.17. The van der Waals surface area contributed by atoms with Gasteiger partial charge in [0, 0.05) is 25.2 Å². The van der Waals surface area contributed by atoms with E-state index in [1.165, 1.54) is 12.8 Å². The molecule has 0 amide bonds. The van der Waals surface area contributed by atoms with Gasteiger partial charge in [0.2, 0.25) is 0 Å². The van der Waals surface area contributed by atoms with E-state index in [9.17, 15) is 4.39 Å². The van der Waals surface area contributed by atoms with Crippen molar-refractivity contribution in [2.45, 2.75) is 58.2 Å². The van der Waals surface area contributed by atoms with Gasteiger partial charge in [-0.3, -0.25) is 0 Å². The number of nitrogens with one attached hydrogen (secondary N) is 1. The maximum Gasteiger partial charge on any atom is 0.146 e. The Labute approximate surface area is 116 Å². The molecule has 0 spiro atoms. The fourth-order valence-electron chi connectivity index (χ4n) is 2.05. The highest BCUT2D eigenvalue weighted by atomic mass is 19.1. The van der Waals surface area contributed by atoms with Crippen molar-refractivity contribution in [1.29, 1.82) is 0 Å². The maximum absolute atomic E-state index is 14.2. The summed E-state index contributed by atoms with van der Waals surface area (Å²) >= 11 is 0. The predicted molar refractivity (Wildman–Crippen MR) is 79.0 cm³/mol. The van der Waals surface area contributed by atoms with E-state index in [0.717, 1.165) is 18.5 Å². The normalized spacial score (nSPS) is 15.6. The van der Waals surface area contributed by atoms with Crippen LogP contribution in [-0.2, 0) is 6.54 Å². The molecule has 0 aliphatic heterocycles. The molecule has 0 heterocycles. The molecule has 1 aromatic rings. The number of rotatable bonds is 6. The van der Waals surface area contributed by atoms with Crippen LogP contribution in [0.25, 0.3) is 0 Å². The fraction of sp³-hybridized carbons (Fsp3) is 0.625. The number of hydrogen-bond donors (Lipinski definition) is 1. The summed E-state index contributed by atoms with van der Waals surface area (Å²) in [6.45, 7) is 7.16. The monoisotopic (exact) mass is 264 g/mol. The smallest absolute Gasteiger partial charge is 0.146 e. The molecule has 1 aliphatic carbocycles. The Morgan fingerprint density at radius 3 is 2.58 bits per heavy atom. The molecule has 1 N–H and O–H groups in total. The predicted octanol–water partition coefficient (Wildman–Crippen LogP) is 3.70. The van der Waals surface area contributed by atoms with Gasteiger partial charge in [-0.15, -0.1) is 0 Å². The molecule has 3 heteroatoms. The molecule has 2 nitrogen and oxygen atoms in total. The number of hydrogen-bond acceptors (Lipinski definition) is 2. The highest BCUT2D eigenvalue weighted by Crippen LogP contribution is 2.28. The Morgan fingerprint density at radius 2 is 2.05 bits per heavy atom. The molecule has 2 rings (SSSR count). The molecular weight excluding hydrogens is 239 g/mol. The van der Waals surface area contributed by atoms with Crippen LogP contribution >= 0.6 is 0 Å². The Kier molecular flexibility index (Phi) is 4.14. The molecular formula is C16H25FN2. The van der Waals surface area contributed by atoms with Crippen LogP contribution in [0.2, 0.25) is 0 Å². The lowest BCUT2D eigenvalue weighted by Gasteiger charge is -2.37. The van der Waals surface area contributed by atoms with Crippen LogP contribution in [0.4, 0.5) is 10.1 Å². The average molecular weight is 264 g/mol. The van der Waals surface area contributed by atoms with Gasteiger partial charge >= 0.3 is 0 Å². The summed E-state index contributed by atoms with van der Waals surface area (Å²) < 4.78 is 14.2. The molecule has 0 radical (unpaired) electrons. The molecule has 1 aliphatic rings. The lowest BCUT2D eigenvalue weighted by atomic mass is 9.99. The first kappa shape index (κ1) is 14.3. The average Bonchev–Trinajstić information content (AvgIpc) is 3.19. The summed E-state index contributed by atoms with van der Waals surface area (Å²) in [6.07, 6.45) is 3.50. The molecule has 0 aromatic heterocycles. The molecule has 106 valence electrons. The summed E-state index contributed by atoms with van der Waals surface area (Å²) in [6, 6.07) is 6.24. The van der Waals surface area contributed by atoms with E-state index in [0.29, 0.717) is 11.7 Å². The second-order valence-electron chi connectivity index (χ2n) is 6.17. The van der Waals surface area contributed by atoms with Gasteiger partial charge in [0.25, 0.3) is 0 Å². The van der Waals surface area contributed by atoms with Crippen molar-refractivity contribution in [2.24, 2.45) is 0 Å².